The number of nitrogens with one attached hydrogen (secondary N) is 2. The lowest BCUT2D eigenvalue weighted by Gasteiger charge is -2.20. The van der Waals surface area contributed by atoms with Gasteiger partial charge in [0.1, 0.15) is 27.7 Å². The van der Waals surface area contributed by atoms with Gasteiger partial charge in [-0.15, -0.1) is 0 Å². The van der Waals surface area contributed by atoms with Crippen molar-refractivity contribution in [2.24, 2.45) is 0 Å². The maximum atomic E-state index is 13.5. The lowest BCUT2D eigenvalue weighted by Crippen LogP contribution is -2.16. The molecule has 0 saturated carbocycles. The molecule has 0 fully saturated rings. The van der Waals surface area contributed by atoms with Gasteiger partial charge in [0.25, 0.3) is 0 Å². The van der Waals surface area contributed by atoms with Gasteiger partial charge >= 0.3 is 5.97 Å². The van der Waals surface area contributed by atoms with E-state index in [1.807, 2.05) is 0 Å². The largest absolute Gasteiger partial charge is 0.870 e. The number of aromatic amines is 1. The number of esters is 1. The predicted octanol–water partition coefficient (Wildman–Crippen LogP) is 6.25. The first-order valence-electron chi connectivity index (χ1n) is 11.9. The number of H-pyrrole nitrogens is 1. The smallest absolute Gasteiger partial charge is 0.338 e. The Morgan fingerprint density at radius 1 is 0.975 bits per heavy atom. The number of halogens is 3. The standard InChI is InChI=1S/C29H25Cl2FN2O5.H2O/c1-37-26-8-7-19(9-28(26)38-2)27(13-23-24(30)15-33-16-25(23)31)39-29(36)18-5-3-17(4-6-18)14-34-21-10-20(32)11-22(35)12-21;/h3-12,15-16,27,34-35H,13-14H2,1-2H3;1H2/t27-;/m0./s1. The summed E-state index contributed by atoms with van der Waals surface area (Å²) in [6, 6.07) is 15.8. The van der Waals surface area contributed by atoms with Gasteiger partial charge in [-0.3, -0.25) is 0 Å². The van der Waals surface area contributed by atoms with Crippen molar-refractivity contribution >= 4 is 34.9 Å². The van der Waals surface area contributed by atoms with Crippen LogP contribution >= 0.6 is 23.2 Å². The Balaban J connectivity index is 0.00000441. The second-order valence-electron chi connectivity index (χ2n) is 8.59. The molecule has 0 aliphatic carbocycles. The van der Waals surface area contributed by atoms with Crippen LogP contribution in [0.5, 0.6) is 17.2 Å². The number of rotatable bonds is 10. The van der Waals surface area contributed by atoms with Crippen LogP contribution in [0.15, 0.2) is 73.1 Å². The number of pyridine rings is 1. The number of methoxy groups -OCH3 is 2. The van der Waals surface area contributed by atoms with Gasteiger partial charge in [-0.25, -0.2) is 14.2 Å². The van der Waals surface area contributed by atoms with E-state index in [0.717, 1.165) is 11.6 Å². The molecule has 0 amide bonds. The van der Waals surface area contributed by atoms with E-state index in [0.29, 0.717) is 50.5 Å². The molecule has 0 saturated heterocycles. The zero-order valence-corrected chi connectivity index (χ0v) is 23.1. The average Bonchev–Trinajstić information content (AvgIpc) is 2.92. The lowest BCUT2D eigenvalue weighted by molar-refractivity contribution is -0.377. The minimum atomic E-state index is -0.739. The monoisotopic (exact) mass is 588 g/mol. The molecule has 0 aliphatic heterocycles. The summed E-state index contributed by atoms with van der Waals surface area (Å²) >= 11 is 12.8. The van der Waals surface area contributed by atoms with Crippen molar-refractivity contribution in [3.05, 3.63) is 111 Å². The van der Waals surface area contributed by atoms with Crippen LogP contribution in [0.2, 0.25) is 10.0 Å². The van der Waals surface area contributed by atoms with Crippen LogP contribution in [-0.4, -0.2) is 30.8 Å². The number of phenols is 1. The average molecular weight is 589 g/mol. The number of hydrogen-bond acceptors (Lipinski definition) is 7. The molecule has 0 aliphatic rings. The summed E-state index contributed by atoms with van der Waals surface area (Å²) in [6.07, 6.45) is 2.69. The Kier molecular flexibility index (Phi) is 10.6. The molecule has 1 aromatic heterocycles. The molecule has 0 radical (unpaired) electrons. The molecule has 3 aromatic carbocycles. The molecule has 4 N–H and O–H groups in total. The van der Waals surface area contributed by atoms with E-state index in [9.17, 15) is 14.3 Å². The van der Waals surface area contributed by atoms with Crippen molar-refractivity contribution < 1.29 is 39.0 Å². The van der Waals surface area contributed by atoms with Crippen LogP contribution in [0.1, 0.15) is 33.2 Å². The third kappa shape index (κ3) is 7.53. The van der Waals surface area contributed by atoms with E-state index in [1.165, 1.54) is 26.4 Å². The molecule has 0 spiro atoms. The first-order chi connectivity index (χ1) is 18.8. The second kappa shape index (κ2) is 13.8. The summed E-state index contributed by atoms with van der Waals surface area (Å²) < 4.78 is 30.2. The molecular formula is C29H27Cl2FN2O6. The van der Waals surface area contributed by atoms with Gasteiger partial charge in [-0.2, -0.15) is 0 Å². The van der Waals surface area contributed by atoms with Crippen molar-refractivity contribution in [2.75, 3.05) is 19.5 Å². The highest BCUT2D eigenvalue weighted by Gasteiger charge is 2.24. The Labute approximate surface area is 240 Å². The maximum Gasteiger partial charge on any atom is 0.338 e. The fourth-order valence-electron chi connectivity index (χ4n) is 3.97. The fourth-order valence-corrected chi connectivity index (χ4v) is 4.51. The number of anilines is 1. The predicted molar refractivity (Wildman–Crippen MR) is 148 cm³/mol. The van der Waals surface area contributed by atoms with Crippen molar-refractivity contribution in [3.63, 3.8) is 0 Å². The van der Waals surface area contributed by atoms with Gasteiger partial charge in [0.05, 0.1) is 19.8 Å². The highest BCUT2D eigenvalue weighted by Crippen LogP contribution is 2.35. The third-order valence-corrected chi connectivity index (χ3v) is 6.66. The van der Waals surface area contributed by atoms with Crippen LogP contribution in [0.25, 0.3) is 0 Å². The number of hydrogen-bond donors (Lipinski definition) is 2. The van der Waals surface area contributed by atoms with Crippen molar-refractivity contribution in [3.8, 4) is 17.2 Å². The van der Waals surface area contributed by atoms with Gasteiger partial charge in [0.2, 0.25) is 0 Å². The molecule has 40 heavy (non-hydrogen) atoms. The maximum absolute atomic E-state index is 13.5. The lowest BCUT2D eigenvalue weighted by atomic mass is 10.0. The normalized spacial score (nSPS) is 11.2. The molecular weight excluding hydrogens is 562 g/mol. The van der Waals surface area contributed by atoms with E-state index < -0.39 is 17.9 Å². The molecule has 1 heterocycles. The van der Waals surface area contributed by atoms with E-state index in [2.05, 4.69) is 10.3 Å². The van der Waals surface area contributed by atoms with Crippen molar-refractivity contribution in [1.29, 1.82) is 0 Å². The van der Waals surface area contributed by atoms with Crippen LogP contribution in [0, 0.1) is 5.82 Å². The highest BCUT2D eigenvalue weighted by molar-refractivity contribution is 6.35. The molecule has 0 unspecified atom stereocenters. The van der Waals surface area contributed by atoms with E-state index in [1.54, 1.807) is 54.9 Å². The van der Waals surface area contributed by atoms with E-state index >= 15 is 0 Å². The van der Waals surface area contributed by atoms with Crippen molar-refractivity contribution in [1.82, 2.24) is 0 Å². The number of carbonyl (C=O) groups excluding carboxylic acids is 1. The first-order valence-corrected chi connectivity index (χ1v) is 12.6. The third-order valence-electron chi connectivity index (χ3n) is 5.98. The zero-order valence-electron chi connectivity index (χ0n) is 21.6. The Bertz CT molecular complexity index is 1430. The van der Waals surface area contributed by atoms with E-state index in [4.69, 9.17) is 37.4 Å². The molecule has 0 bridgehead atoms. The number of carbonyl (C=O) groups is 1. The van der Waals surface area contributed by atoms with Gasteiger partial charge in [0.15, 0.2) is 23.9 Å². The van der Waals surface area contributed by atoms with Crippen LogP contribution < -0.4 is 19.8 Å². The quantitative estimate of drug-likeness (QED) is 0.210. The fraction of sp³-hybridized carbons (Fsp3) is 0.172. The Morgan fingerprint density at radius 3 is 2.27 bits per heavy atom. The Hall–Kier alpha value is -4.05. The van der Waals surface area contributed by atoms with Gasteiger partial charge in [0, 0.05) is 36.3 Å². The van der Waals surface area contributed by atoms with Crippen molar-refractivity contribution in [2.45, 2.75) is 19.1 Å². The first kappa shape index (κ1) is 30.5. The molecule has 4 rings (SSSR count). The minimum Gasteiger partial charge on any atom is -0.870 e. The number of aromatic nitrogens is 1. The molecule has 8 nitrogen and oxygen atoms in total. The number of phenolic OH excluding ortho intramolecular Hbond substituents is 1. The number of aromatic hydroxyl groups is 1. The SMILES string of the molecule is COc1ccc([C@H](Cc2c(Cl)c[nH+]cc2Cl)OC(=O)c2ccc(CNc3cc(O)cc(F)c3)cc2)cc1OC.[OH-]. The molecule has 11 heteroatoms. The van der Waals surface area contributed by atoms with Crippen LogP contribution in [-0.2, 0) is 17.7 Å². The highest BCUT2D eigenvalue weighted by atomic mass is 35.5. The van der Waals surface area contributed by atoms with Gasteiger partial charge < -0.3 is 30.1 Å². The molecule has 4 aromatic rings. The van der Waals surface area contributed by atoms with Gasteiger partial charge in [-0.05, 0) is 41.5 Å². The summed E-state index contributed by atoms with van der Waals surface area (Å²) in [5.74, 6) is -0.238. The molecule has 210 valence electrons. The van der Waals surface area contributed by atoms with Gasteiger partial charge in [-0.1, -0.05) is 41.4 Å². The minimum absolute atomic E-state index is 0. The number of ether oxygens (including phenoxy) is 3. The summed E-state index contributed by atoms with van der Waals surface area (Å²) in [7, 11) is 3.06. The van der Waals surface area contributed by atoms with Crippen LogP contribution in [0.3, 0.4) is 0 Å². The summed E-state index contributed by atoms with van der Waals surface area (Å²) in [6.45, 7) is 0.356. The van der Waals surface area contributed by atoms with Crippen LogP contribution in [0.4, 0.5) is 10.1 Å². The number of benzene rings is 3. The molecule has 1 atom stereocenters. The summed E-state index contributed by atoms with van der Waals surface area (Å²) in [5, 5.41) is 13.4. The topological polar surface area (TPSA) is 121 Å². The second-order valence-corrected chi connectivity index (χ2v) is 9.41. The summed E-state index contributed by atoms with van der Waals surface area (Å²) in [4.78, 5) is 16.1. The van der Waals surface area contributed by atoms with E-state index in [-0.39, 0.29) is 17.6 Å². The summed E-state index contributed by atoms with van der Waals surface area (Å²) in [5.41, 5.74) is 2.90. The zero-order chi connectivity index (χ0) is 27.9. The Morgan fingerprint density at radius 2 is 1.65 bits per heavy atom.